The lowest BCUT2D eigenvalue weighted by atomic mass is 10.2. The number of nitrogens with one attached hydrogen (secondary N) is 3. The number of anilines is 5. The summed E-state index contributed by atoms with van der Waals surface area (Å²) >= 11 is 5.60. The first-order valence-electron chi connectivity index (χ1n) is 10.6. The van der Waals surface area contributed by atoms with E-state index < -0.39 is 22.8 Å². The van der Waals surface area contributed by atoms with E-state index in [-0.39, 0.29) is 5.69 Å². The number of benzene rings is 2. The maximum atomic E-state index is 13.0. The third-order valence-corrected chi connectivity index (χ3v) is 5.53. The van der Waals surface area contributed by atoms with Gasteiger partial charge in [0.2, 0.25) is 5.95 Å². The molecule has 1 fully saturated rings. The highest BCUT2D eigenvalue weighted by Crippen LogP contribution is 2.36. The first-order valence-corrected chi connectivity index (χ1v) is 11.0. The van der Waals surface area contributed by atoms with Crippen molar-refractivity contribution < 1.29 is 18.0 Å². The van der Waals surface area contributed by atoms with Crippen molar-refractivity contribution in [3.63, 3.8) is 0 Å². The number of hydrogen-bond acceptors (Lipinski definition) is 5. The molecule has 3 N–H and O–H groups in total. The van der Waals surface area contributed by atoms with E-state index in [9.17, 15) is 18.0 Å². The molecule has 1 aliphatic rings. The maximum absolute atomic E-state index is 13.0. The molecule has 34 heavy (non-hydrogen) atoms. The summed E-state index contributed by atoms with van der Waals surface area (Å²) in [5, 5.41) is 7.67. The minimum absolute atomic E-state index is 0.0297. The van der Waals surface area contributed by atoms with Crippen LogP contribution in [0, 0.1) is 6.92 Å². The number of alkyl halides is 3. The maximum Gasteiger partial charge on any atom is 0.417 e. The number of hydrogen-bond donors (Lipinski definition) is 3. The molecule has 0 saturated carbocycles. The van der Waals surface area contributed by atoms with Crippen LogP contribution in [0.3, 0.4) is 0 Å². The molecule has 1 saturated heterocycles. The monoisotopic (exact) mass is 490 g/mol. The molecular formula is C23H22ClF3N6O. The van der Waals surface area contributed by atoms with Gasteiger partial charge in [0.15, 0.2) is 0 Å². The molecule has 2 heterocycles. The summed E-state index contributed by atoms with van der Waals surface area (Å²) in [5.74, 6) is 1.36. The number of rotatable bonds is 5. The molecular weight excluding hydrogens is 469 g/mol. The smallest absolute Gasteiger partial charge is 0.356 e. The fraction of sp³-hybridized carbons (Fsp3) is 0.261. The van der Waals surface area contributed by atoms with E-state index in [0.717, 1.165) is 55.3 Å². The predicted octanol–water partition coefficient (Wildman–Crippen LogP) is 6.45. The van der Waals surface area contributed by atoms with Gasteiger partial charge in [-0.2, -0.15) is 18.2 Å². The summed E-state index contributed by atoms with van der Waals surface area (Å²) in [7, 11) is 0. The lowest BCUT2D eigenvalue weighted by Crippen LogP contribution is -2.20. The largest absolute Gasteiger partial charge is 0.417 e. The second-order valence-electron chi connectivity index (χ2n) is 7.86. The minimum Gasteiger partial charge on any atom is -0.356 e. The van der Waals surface area contributed by atoms with E-state index in [4.69, 9.17) is 11.6 Å². The lowest BCUT2D eigenvalue weighted by Gasteiger charge is -2.17. The summed E-state index contributed by atoms with van der Waals surface area (Å²) in [6, 6.07) is 11.2. The molecule has 178 valence electrons. The Balaban J connectivity index is 1.38. The Hall–Kier alpha value is -3.53. The normalized spacial score (nSPS) is 13.6. The van der Waals surface area contributed by atoms with Gasteiger partial charge in [0.25, 0.3) is 0 Å². The van der Waals surface area contributed by atoms with Gasteiger partial charge < -0.3 is 20.9 Å². The van der Waals surface area contributed by atoms with Crippen LogP contribution in [-0.4, -0.2) is 29.1 Å². The minimum atomic E-state index is -4.62. The predicted molar refractivity (Wildman–Crippen MR) is 127 cm³/mol. The summed E-state index contributed by atoms with van der Waals surface area (Å²) in [6.07, 6.45) is -2.32. The third-order valence-electron chi connectivity index (χ3n) is 5.20. The quantitative estimate of drug-likeness (QED) is 0.383. The van der Waals surface area contributed by atoms with Crippen molar-refractivity contribution in [3.8, 4) is 0 Å². The summed E-state index contributed by atoms with van der Waals surface area (Å²) in [6.45, 7) is 3.87. The number of amides is 2. The van der Waals surface area contributed by atoms with E-state index in [1.54, 1.807) is 24.3 Å². The van der Waals surface area contributed by atoms with Crippen LogP contribution in [0.2, 0.25) is 5.02 Å². The molecule has 2 aromatic carbocycles. The second-order valence-corrected chi connectivity index (χ2v) is 8.27. The molecule has 4 rings (SSSR count). The summed E-state index contributed by atoms with van der Waals surface area (Å²) < 4.78 is 39.0. The highest BCUT2D eigenvalue weighted by molar-refractivity contribution is 6.31. The molecule has 0 atom stereocenters. The van der Waals surface area contributed by atoms with Crippen LogP contribution in [0.1, 0.15) is 24.1 Å². The Morgan fingerprint density at radius 2 is 1.56 bits per heavy atom. The molecule has 0 aliphatic carbocycles. The van der Waals surface area contributed by atoms with Gasteiger partial charge in [0.1, 0.15) is 5.82 Å². The molecule has 3 aromatic rings. The number of halogens is 4. The molecule has 0 radical (unpaired) electrons. The molecule has 0 spiro atoms. The Labute approximate surface area is 199 Å². The number of carbonyl (C=O) groups excluding carboxylic acids is 1. The number of aryl methyl sites for hydroxylation is 1. The Kier molecular flexibility index (Phi) is 6.78. The zero-order valence-corrected chi connectivity index (χ0v) is 19.0. The van der Waals surface area contributed by atoms with Crippen LogP contribution in [0.25, 0.3) is 0 Å². The first-order chi connectivity index (χ1) is 16.2. The number of nitrogens with zero attached hydrogens (tertiary/aromatic N) is 3. The van der Waals surface area contributed by atoms with Crippen LogP contribution in [0.5, 0.6) is 0 Å². The van der Waals surface area contributed by atoms with Gasteiger partial charge >= 0.3 is 12.2 Å². The Morgan fingerprint density at radius 1 is 0.941 bits per heavy atom. The van der Waals surface area contributed by atoms with Gasteiger partial charge in [0.05, 0.1) is 10.6 Å². The van der Waals surface area contributed by atoms with E-state index in [1.165, 1.54) is 6.07 Å². The van der Waals surface area contributed by atoms with Crippen LogP contribution in [-0.2, 0) is 6.18 Å². The number of urea groups is 1. The zero-order valence-electron chi connectivity index (χ0n) is 18.2. The van der Waals surface area contributed by atoms with Crippen molar-refractivity contribution in [1.29, 1.82) is 0 Å². The summed E-state index contributed by atoms with van der Waals surface area (Å²) in [5.41, 5.74) is 0.976. The lowest BCUT2D eigenvalue weighted by molar-refractivity contribution is -0.137. The van der Waals surface area contributed by atoms with Crippen molar-refractivity contribution in [2.24, 2.45) is 0 Å². The van der Waals surface area contributed by atoms with Gasteiger partial charge in [-0.15, -0.1) is 0 Å². The molecule has 1 aromatic heterocycles. The van der Waals surface area contributed by atoms with E-state index in [0.29, 0.717) is 11.6 Å². The van der Waals surface area contributed by atoms with E-state index in [2.05, 4.69) is 30.8 Å². The summed E-state index contributed by atoms with van der Waals surface area (Å²) in [4.78, 5) is 23.5. The van der Waals surface area contributed by atoms with Crippen molar-refractivity contribution in [2.45, 2.75) is 25.9 Å². The van der Waals surface area contributed by atoms with Gasteiger partial charge in [-0.3, -0.25) is 0 Å². The molecule has 0 bridgehead atoms. The fourth-order valence-electron chi connectivity index (χ4n) is 3.60. The first kappa shape index (κ1) is 23.6. The molecule has 1 aliphatic heterocycles. The van der Waals surface area contributed by atoms with Gasteiger partial charge in [0, 0.05) is 41.9 Å². The van der Waals surface area contributed by atoms with Crippen molar-refractivity contribution in [3.05, 3.63) is 64.8 Å². The molecule has 7 nitrogen and oxygen atoms in total. The van der Waals surface area contributed by atoms with Crippen LogP contribution in [0.4, 0.5) is 46.8 Å². The highest BCUT2D eigenvalue weighted by atomic mass is 35.5. The standard InChI is InChI=1S/C23H22ClF3N6O/c1-14-12-20(33-10-2-3-11-33)32-21(28-14)29-15-4-6-16(7-5-15)30-22(34)31-17-8-9-19(24)18(13-17)23(25,26)27/h4-9,12-13H,2-3,10-11H2,1H3,(H,28,29,32)(H2,30,31,34). The average Bonchev–Trinajstić information content (AvgIpc) is 3.30. The van der Waals surface area contributed by atoms with Gasteiger partial charge in [-0.25, -0.2) is 9.78 Å². The van der Waals surface area contributed by atoms with Crippen LogP contribution in [0.15, 0.2) is 48.5 Å². The highest BCUT2D eigenvalue weighted by Gasteiger charge is 2.33. The van der Waals surface area contributed by atoms with Crippen molar-refractivity contribution >= 4 is 46.5 Å². The van der Waals surface area contributed by atoms with E-state index in [1.807, 2.05) is 13.0 Å². The Bertz CT molecular complexity index is 1180. The SMILES string of the molecule is Cc1cc(N2CCCC2)nc(Nc2ccc(NC(=O)Nc3ccc(Cl)c(C(F)(F)F)c3)cc2)n1. The van der Waals surface area contributed by atoms with Crippen molar-refractivity contribution in [2.75, 3.05) is 33.9 Å². The van der Waals surface area contributed by atoms with Gasteiger partial charge in [-0.05, 0) is 62.2 Å². The van der Waals surface area contributed by atoms with Gasteiger partial charge in [-0.1, -0.05) is 11.6 Å². The van der Waals surface area contributed by atoms with Crippen LogP contribution < -0.4 is 20.9 Å². The van der Waals surface area contributed by atoms with Crippen molar-refractivity contribution in [1.82, 2.24) is 9.97 Å². The van der Waals surface area contributed by atoms with E-state index >= 15 is 0 Å². The topological polar surface area (TPSA) is 82.2 Å². The molecule has 2 amide bonds. The van der Waals surface area contributed by atoms with Crippen LogP contribution >= 0.6 is 11.6 Å². The third kappa shape index (κ3) is 5.88. The number of aromatic nitrogens is 2. The molecule has 0 unspecified atom stereocenters. The number of carbonyl (C=O) groups is 1. The second kappa shape index (κ2) is 9.76. The Morgan fingerprint density at radius 3 is 2.24 bits per heavy atom. The average molecular weight is 491 g/mol. The zero-order chi connectivity index (χ0) is 24.3. The molecule has 11 heteroatoms. The fourth-order valence-corrected chi connectivity index (χ4v) is 3.82.